The molecular weight excluding hydrogens is 526 g/mol. The molecule has 12 heteroatoms. The molecule has 4 heterocycles. The van der Waals surface area contributed by atoms with Gasteiger partial charge in [-0.3, -0.25) is 4.57 Å². The third-order valence-electron chi connectivity index (χ3n) is 8.43. The van der Waals surface area contributed by atoms with Gasteiger partial charge in [0.25, 0.3) is 6.43 Å². The fourth-order valence-electron chi connectivity index (χ4n) is 6.12. The van der Waals surface area contributed by atoms with Crippen LogP contribution in [0.2, 0.25) is 0 Å². The van der Waals surface area contributed by atoms with Gasteiger partial charge >= 0.3 is 0 Å². The van der Waals surface area contributed by atoms with E-state index in [0.717, 1.165) is 25.9 Å². The summed E-state index contributed by atoms with van der Waals surface area (Å²) in [6, 6.07) is 9.01. The molecule has 40 heavy (non-hydrogen) atoms. The van der Waals surface area contributed by atoms with E-state index in [-0.39, 0.29) is 24.7 Å². The second kappa shape index (κ2) is 11.5. The summed E-state index contributed by atoms with van der Waals surface area (Å²) in [6.07, 6.45) is 0.263. The fraction of sp³-hybridized carbons (Fsp3) is 0.607. The molecule has 0 unspecified atom stereocenters. The summed E-state index contributed by atoms with van der Waals surface area (Å²) in [5.41, 5.74) is 1.04. The smallest absolute Gasteiger partial charge is 0.296 e. The van der Waals surface area contributed by atoms with E-state index in [2.05, 4.69) is 15.2 Å². The Morgan fingerprint density at radius 2 is 1.68 bits per heavy atom. The van der Waals surface area contributed by atoms with E-state index < -0.39 is 12.3 Å². The molecule has 216 valence electrons. The van der Waals surface area contributed by atoms with Crippen LogP contribution in [0.15, 0.2) is 30.3 Å². The maximum atomic E-state index is 14.1. The van der Waals surface area contributed by atoms with Crippen molar-refractivity contribution in [2.24, 2.45) is 5.92 Å². The first-order chi connectivity index (χ1) is 19.4. The molecule has 0 amide bonds. The van der Waals surface area contributed by atoms with Gasteiger partial charge < -0.3 is 19.9 Å². The van der Waals surface area contributed by atoms with Gasteiger partial charge in [0, 0.05) is 44.6 Å². The van der Waals surface area contributed by atoms with E-state index >= 15 is 0 Å². The molecule has 1 N–H and O–H groups in total. The second-order valence-electron chi connectivity index (χ2n) is 11.1. The van der Waals surface area contributed by atoms with Crippen molar-refractivity contribution in [3.8, 4) is 5.82 Å². The predicted molar refractivity (Wildman–Crippen MR) is 145 cm³/mol. The Labute approximate surface area is 230 Å². The van der Waals surface area contributed by atoms with Crippen LogP contribution in [0.1, 0.15) is 50.8 Å². The minimum atomic E-state index is -2.77. The number of likely N-dealkylation sites (tertiary alicyclic amines) is 1. The van der Waals surface area contributed by atoms with Crippen molar-refractivity contribution in [2.75, 3.05) is 56.2 Å². The molecule has 3 aromatic rings. The summed E-state index contributed by atoms with van der Waals surface area (Å²) in [5, 5.41) is 3.45. The monoisotopic (exact) mass is 561 g/mol. The number of para-hydroxylation sites is 2. The Kier molecular flexibility index (Phi) is 7.80. The third kappa shape index (κ3) is 5.88. The molecule has 1 aromatic carbocycles. The quantitative estimate of drug-likeness (QED) is 0.393. The first kappa shape index (κ1) is 27.2. The van der Waals surface area contributed by atoms with Crippen molar-refractivity contribution in [1.29, 1.82) is 0 Å². The van der Waals surface area contributed by atoms with Crippen molar-refractivity contribution in [2.45, 2.75) is 56.9 Å². The molecule has 2 aromatic heterocycles. The number of hydrogen-bond donors (Lipinski definition) is 1. The first-order valence-corrected chi connectivity index (χ1v) is 14.2. The Morgan fingerprint density at radius 1 is 0.950 bits per heavy atom. The number of piperidine rings is 1. The minimum Gasteiger partial charge on any atom is -0.378 e. The zero-order chi connectivity index (χ0) is 27.7. The molecule has 2 saturated heterocycles. The predicted octanol–water partition coefficient (Wildman–Crippen LogP) is 5.29. The minimum absolute atomic E-state index is 0.0137. The number of ether oxygens (including phenoxy) is 1. The third-order valence-corrected chi connectivity index (χ3v) is 8.43. The Balaban J connectivity index is 1.20. The van der Waals surface area contributed by atoms with Crippen molar-refractivity contribution >= 4 is 22.8 Å². The molecule has 1 aliphatic carbocycles. The molecule has 8 nitrogen and oxygen atoms in total. The summed E-state index contributed by atoms with van der Waals surface area (Å²) in [7, 11) is 0. The molecule has 3 aliphatic rings. The van der Waals surface area contributed by atoms with Gasteiger partial charge in [0.15, 0.2) is 5.82 Å². The van der Waals surface area contributed by atoms with Gasteiger partial charge in [0.1, 0.15) is 11.6 Å². The van der Waals surface area contributed by atoms with Crippen LogP contribution in [0, 0.1) is 5.92 Å². The van der Waals surface area contributed by atoms with Crippen LogP contribution in [-0.2, 0) is 4.74 Å². The number of alkyl halides is 4. The summed E-state index contributed by atoms with van der Waals surface area (Å²) >= 11 is 0. The highest BCUT2D eigenvalue weighted by Gasteiger charge is 2.37. The van der Waals surface area contributed by atoms with E-state index in [9.17, 15) is 17.6 Å². The van der Waals surface area contributed by atoms with Crippen molar-refractivity contribution < 1.29 is 22.3 Å². The number of rotatable bonds is 7. The first-order valence-electron chi connectivity index (χ1n) is 14.2. The number of benzene rings is 1. The van der Waals surface area contributed by atoms with Crippen LogP contribution < -0.4 is 10.2 Å². The second-order valence-corrected chi connectivity index (χ2v) is 11.1. The molecule has 0 atom stereocenters. The van der Waals surface area contributed by atoms with Gasteiger partial charge in [-0.1, -0.05) is 12.1 Å². The lowest BCUT2D eigenvalue weighted by atomic mass is 9.88. The Hall–Kier alpha value is -2.99. The Morgan fingerprint density at radius 3 is 2.40 bits per heavy atom. The van der Waals surface area contributed by atoms with Crippen molar-refractivity contribution in [1.82, 2.24) is 24.4 Å². The van der Waals surface area contributed by atoms with Gasteiger partial charge in [-0.15, -0.1) is 0 Å². The summed E-state index contributed by atoms with van der Waals surface area (Å²) in [4.78, 5) is 18.0. The van der Waals surface area contributed by atoms with E-state index in [1.165, 1.54) is 4.57 Å². The van der Waals surface area contributed by atoms with E-state index in [1.54, 1.807) is 30.3 Å². The molecule has 3 fully saturated rings. The molecule has 0 spiro atoms. The molecular formula is C28H35F4N7O. The average Bonchev–Trinajstić information content (AvgIpc) is 3.37. The van der Waals surface area contributed by atoms with Crippen molar-refractivity contribution in [3.63, 3.8) is 0 Å². The number of nitrogens with one attached hydrogen (secondary N) is 1. The number of fused-ring (bicyclic) bond motifs is 1. The van der Waals surface area contributed by atoms with Crippen LogP contribution in [0.5, 0.6) is 0 Å². The van der Waals surface area contributed by atoms with Gasteiger partial charge in [0.2, 0.25) is 11.9 Å². The largest absolute Gasteiger partial charge is 0.378 e. The summed E-state index contributed by atoms with van der Waals surface area (Å²) < 4.78 is 62.3. The Bertz CT molecular complexity index is 1300. The number of imidazole rings is 1. The average molecular weight is 562 g/mol. The summed E-state index contributed by atoms with van der Waals surface area (Å²) in [6.45, 7) is 4.79. The number of morpholine rings is 1. The maximum absolute atomic E-state index is 14.1. The number of nitrogens with zero attached hydrogens (tertiary/aromatic N) is 6. The fourth-order valence-corrected chi connectivity index (χ4v) is 6.12. The highest BCUT2D eigenvalue weighted by molar-refractivity contribution is 5.78. The standard InChI is InChI=1S/C28H35F4N7O/c29-25(30)26-34-21-3-1-2-4-22(21)39(26)24-17-23(35-27(36-24)38-13-15-40-16-14-38)33-18-19-7-11-37(12-8-19)20-5-9-28(31,32)10-6-20/h1-4,17,19-20,25H,5-16,18H2,(H,33,35,36). The van der Waals surface area contributed by atoms with Gasteiger partial charge in [0.05, 0.1) is 24.2 Å². The zero-order valence-electron chi connectivity index (χ0n) is 22.4. The molecule has 1 saturated carbocycles. The summed E-state index contributed by atoms with van der Waals surface area (Å²) in [5.74, 6) is -1.09. The van der Waals surface area contributed by atoms with Crippen molar-refractivity contribution in [3.05, 3.63) is 36.2 Å². The van der Waals surface area contributed by atoms with Gasteiger partial charge in [-0.25, -0.2) is 22.5 Å². The van der Waals surface area contributed by atoms with E-state index in [4.69, 9.17) is 14.7 Å². The highest BCUT2D eigenvalue weighted by Crippen LogP contribution is 2.36. The van der Waals surface area contributed by atoms with Crippen LogP contribution in [0.25, 0.3) is 16.9 Å². The molecule has 0 radical (unpaired) electrons. The lowest BCUT2D eigenvalue weighted by Gasteiger charge is -2.40. The van der Waals surface area contributed by atoms with Gasteiger partial charge in [-0.2, -0.15) is 9.97 Å². The number of halogens is 4. The van der Waals surface area contributed by atoms with Crippen LogP contribution >= 0.6 is 0 Å². The van der Waals surface area contributed by atoms with Gasteiger partial charge in [-0.05, 0) is 56.8 Å². The van der Waals surface area contributed by atoms with E-state index in [0.29, 0.717) is 80.2 Å². The lowest BCUT2D eigenvalue weighted by Crippen LogP contribution is -2.45. The zero-order valence-corrected chi connectivity index (χ0v) is 22.4. The maximum Gasteiger partial charge on any atom is 0.296 e. The normalized spacial score (nSPS) is 21.4. The molecule has 2 aliphatic heterocycles. The SMILES string of the molecule is FC(F)c1nc2ccccc2n1-c1cc(NCC2CCN(C3CCC(F)(F)CC3)CC2)nc(N2CCOCC2)n1. The van der Waals surface area contributed by atoms with E-state index in [1.807, 2.05) is 4.90 Å². The number of hydrogen-bond acceptors (Lipinski definition) is 7. The molecule has 0 bridgehead atoms. The molecule has 6 rings (SSSR count). The van der Waals surface area contributed by atoms with Crippen LogP contribution in [0.4, 0.5) is 29.3 Å². The highest BCUT2D eigenvalue weighted by atomic mass is 19.3. The number of anilines is 2. The van der Waals surface area contributed by atoms with Crippen LogP contribution in [-0.4, -0.2) is 82.3 Å². The van der Waals surface area contributed by atoms with Crippen LogP contribution in [0.3, 0.4) is 0 Å². The topological polar surface area (TPSA) is 71.3 Å². The number of aromatic nitrogens is 4. The lowest BCUT2D eigenvalue weighted by molar-refractivity contribution is -0.0565.